The van der Waals surface area contributed by atoms with Crippen LogP contribution in [-0.2, 0) is 11.8 Å². The molecule has 0 aliphatic carbocycles. The van der Waals surface area contributed by atoms with Crippen molar-refractivity contribution in [1.82, 2.24) is 14.7 Å². The van der Waals surface area contributed by atoms with Crippen molar-refractivity contribution in [3.8, 4) is 0 Å². The number of amides is 1. The predicted molar refractivity (Wildman–Crippen MR) is 74.5 cm³/mol. The zero-order valence-electron chi connectivity index (χ0n) is 12.3. The Balaban J connectivity index is 3.12. The normalized spacial score (nSPS) is 10.4. The fourth-order valence-corrected chi connectivity index (χ4v) is 2.01. The SMILES string of the molecule is CCCN(CC(=O)N(C)C)c1c(C=O)c(C)nn1C. The highest BCUT2D eigenvalue weighted by Crippen LogP contribution is 2.21. The Morgan fingerprint density at radius 2 is 2.05 bits per heavy atom. The topological polar surface area (TPSA) is 58.4 Å². The van der Waals surface area contributed by atoms with Crippen LogP contribution in [0.2, 0.25) is 0 Å². The first kappa shape index (κ1) is 15.2. The number of hydrogen-bond acceptors (Lipinski definition) is 4. The van der Waals surface area contributed by atoms with Crippen LogP contribution in [0.15, 0.2) is 0 Å². The van der Waals surface area contributed by atoms with Crippen LogP contribution in [0.1, 0.15) is 29.4 Å². The average molecular weight is 266 g/mol. The third kappa shape index (κ3) is 3.33. The van der Waals surface area contributed by atoms with Crippen LogP contribution in [0.4, 0.5) is 5.82 Å². The van der Waals surface area contributed by atoms with E-state index in [1.54, 1.807) is 37.6 Å². The Morgan fingerprint density at radius 1 is 1.42 bits per heavy atom. The molecule has 0 saturated carbocycles. The van der Waals surface area contributed by atoms with Crippen molar-refractivity contribution in [2.24, 2.45) is 7.05 Å². The monoisotopic (exact) mass is 266 g/mol. The molecule has 0 bridgehead atoms. The molecule has 1 aromatic rings. The molecule has 0 aliphatic rings. The minimum atomic E-state index is 0.00384. The molecule has 1 heterocycles. The molecular formula is C13H22N4O2. The Hall–Kier alpha value is -1.85. The third-order valence-corrected chi connectivity index (χ3v) is 2.97. The van der Waals surface area contributed by atoms with Crippen molar-refractivity contribution in [2.45, 2.75) is 20.3 Å². The summed E-state index contributed by atoms with van der Waals surface area (Å²) in [5.41, 5.74) is 1.24. The maximum Gasteiger partial charge on any atom is 0.241 e. The summed E-state index contributed by atoms with van der Waals surface area (Å²) in [5.74, 6) is 0.716. The Morgan fingerprint density at radius 3 is 2.53 bits per heavy atom. The second-order valence-corrected chi connectivity index (χ2v) is 4.77. The number of likely N-dealkylation sites (N-methyl/N-ethyl adjacent to an activating group) is 1. The molecule has 0 saturated heterocycles. The number of nitrogens with zero attached hydrogens (tertiary/aromatic N) is 4. The van der Waals surface area contributed by atoms with Gasteiger partial charge in [0.2, 0.25) is 5.91 Å². The molecule has 106 valence electrons. The van der Waals surface area contributed by atoms with Crippen LogP contribution in [-0.4, -0.2) is 54.1 Å². The van der Waals surface area contributed by atoms with E-state index < -0.39 is 0 Å². The van der Waals surface area contributed by atoms with Gasteiger partial charge in [-0.05, 0) is 13.3 Å². The number of aldehydes is 1. The molecule has 19 heavy (non-hydrogen) atoms. The van der Waals surface area contributed by atoms with Gasteiger partial charge in [0.25, 0.3) is 0 Å². The lowest BCUT2D eigenvalue weighted by atomic mass is 10.2. The van der Waals surface area contributed by atoms with E-state index in [4.69, 9.17) is 0 Å². The predicted octanol–water partition coefficient (Wildman–Crippen LogP) is 0.846. The molecule has 0 fully saturated rings. The smallest absolute Gasteiger partial charge is 0.241 e. The Labute approximate surface area is 114 Å². The molecule has 0 aliphatic heterocycles. The van der Waals surface area contributed by atoms with Gasteiger partial charge in [-0.25, -0.2) is 0 Å². The van der Waals surface area contributed by atoms with Crippen LogP contribution in [0, 0.1) is 6.92 Å². The second-order valence-electron chi connectivity index (χ2n) is 4.77. The van der Waals surface area contributed by atoms with Gasteiger partial charge in [-0.1, -0.05) is 6.92 Å². The van der Waals surface area contributed by atoms with Gasteiger partial charge in [0.1, 0.15) is 5.82 Å². The molecule has 0 atom stereocenters. The van der Waals surface area contributed by atoms with E-state index in [1.807, 2.05) is 11.8 Å². The van der Waals surface area contributed by atoms with Gasteiger partial charge in [-0.15, -0.1) is 0 Å². The molecule has 6 nitrogen and oxygen atoms in total. The average Bonchev–Trinajstić information content (AvgIpc) is 2.62. The van der Waals surface area contributed by atoms with Gasteiger partial charge < -0.3 is 9.80 Å². The van der Waals surface area contributed by atoms with Crippen molar-refractivity contribution < 1.29 is 9.59 Å². The van der Waals surface area contributed by atoms with Crippen molar-refractivity contribution in [3.63, 3.8) is 0 Å². The number of carbonyl (C=O) groups excluding carboxylic acids is 2. The first-order valence-electron chi connectivity index (χ1n) is 6.36. The summed E-state index contributed by atoms with van der Waals surface area (Å²) in [7, 11) is 5.24. The lowest BCUT2D eigenvalue weighted by Gasteiger charge is -2.25. The van der Waals surface area contributed by atoms with Gasteiger partial charge in [0.05, 0.1) is 17.8 Å². The quantitative estimate of drug-likeness (QED) is 0.716. The number of aromatic nitrogens is 2. The van der Waals surface area contributed by atoms with E-state index in [0.29, 0.717) is 23.6 Å². The summed E-state index contributed by atoms with van der Waals surface area (Å²) >= 11 is 0. The standard InChI is InChI=1S/C13H22N4O2/c1-6-7-17(8-12(19)15(3)4)13-11(9-18)10(2)14-16(13)5/h9H,6-8H2,1-5H3. The van der Waals surface area contributed by atoms with Crippen molar-refractivity contribution in [2.75, 3.05) is 32.1 Å². The number of hydrogen-bond donors (Lipinski definition) is 0. The summed E-state index contributed by atoms with van der Waals surface area (Å²) in [5, 5.41) is 4.26. The molecule has 1 amide bonds. The van der Waals surface area contributed by atoms with Gasteiger partial charge in [-0.2, -0.15) is 5.10 Å². The van der Waals surface area contributed by atoms with E-state index in [2.05, 4.69) is 5.10 Å². The molecule has 0 N–H and O–H groups in total. The molecular weight excluding hydrogens is 244 g/mol. The number of rotatable bonds is 6. The van der Waals surface area contributed by atoms with Gasteiger partial charge in [0.15, 0.2) is 6.29 Å². The van der Waals surface area contributed by atoms with Crippen molar-refractivity contribution in [1.29, 1.82) is 0 Å². The van der Waals surface area contributed by atoms with Crippen LogP contribution >= 0.6 is 0 Å². The summed E-state index contributed by atoms with van der Waals surface area (Å²) < 4.78 is 1.66. The van der Waals surface area contributed by atoms with Gasteiger partial charge in [-0.3, -0.25) is 14.3 Å². The maximum atomic E-state index is 11.9. The van der Waals surface area contributed by atoms with E-state index in [-0.39, 0.29) is 12.5 Å². The Kier molecular flexibility index (Phi) is 5.09. The van der Waals surface area contributed by atoms with Crippen LogP contribution in [0.25, 0.3) is 0 Å². The van der Waals surface area contributed by atoms with Gasteiger partial charge >= 0.3 is 0 Å². The molecule has 0 radical (unpaired) electrons. The molecule has 1 aromatic heterocycles. The van der Waals surface area contributed by atoms with Crippen LogP contribution in [0.3, 0.4) is 0 Å². The lowest BCUT2D eigenvalue weighted by Crippen LogP contribution is -2.38. The third-order valence-electron chi connectivity index (χ3n) is 2.97. The van der Waals surface area contributed by atoms with Crippen molar-refractivity contribution >= 4 is 18.0 Å². The zero-order valence-corrected chi connectivity index (χ0v) is 12.3. The second kappa shape index (κ2) is 6.36. The van der Waals surface area contributed by atoms with E-state index in [9.17, 15) is 9.59 Å². The summed E-state index contributed by atoms with van der Waals surface area (Å²) in [6.45, 7) is 4.79. The number of anilines is 1. The fourth-order valence-electron chi connectivity index (χ4n) is 2.01. The summed E-state index contributed by atoms with van der Waals surface area (Å²) in [6.07, 6.45) is 1.70. The van der Waals surface area contributed by atoms with Gasteiger partial charge in [0, 0.05) is 27.7 Å². The van der Waals surface area contributed by atoms with E-state index in [1.165, 1.54) is 0 Å². The minimum absolute atomic E-state index is 0.00384. The fraction of sp³-hybridized carbons (Fsp3) is 0.615. The molecule has 0 aromatic carbocycles. The highest BCUT2D eigenvalue weighted by Gasteiger charge is 2.21. The summed E-state index contributed by atoms with van der Waals surface area (Å²) in [6, 6.07) is 0. The maximum absolute atomic E-state index is 11.9. The van der Waals surface area contributed by atoms with Crippen molar-refractivity contribution in [3.05, 3.63) is 11.3 Å². The first-order chi connectivity index (χ1) is 8.92. The molecule has 0 unspecified atom stereocenters. The largest absolute Gasteiger partial charge is 0.347 e. The van der Waals surface area contributed by atoms with Crippen LogP contribution in [0.5, 0.6) is 0 Å². The minimum Gasteiger partial charge on any atom is -0.347 e. The molecule has 1 rings (SSSR count). The number of aryl methyl sites for hydroxylation is 2. The highest BCUT2D eigenvalue weighted by molar-refractivity contribution is 5.87. The number of carbonyl (C=O) groups is 2. The Bertz CT molecular complexity index is 465. The van der Waals surface area contributed by atoms with E-state index in [0.717, 1.165) is 12.7 Å². The first-order valence-corrected chi connectivity index (χ1v) is 6.36. The highest BCUT2D eigenvalue weighted by atomic mass is 16.2. The molecule has 6 heteroatoms. The lowest BCUT2D eigenvalue weighted by molar-refractivity contribution is -0.127. The molecule has 0 spiro atoms. The van der Waals surface area contributed by atoms with E-state index >= 15 is 0 Å². The zero-order chi connectivity index (χ0) is 14.6. The summed E-state index contributed by atoms with van der Waals surface area (Å²) in [4.78, 5) is 26.6. The van der Waals surface area contributed by atoms with Crippen LogP contribution < -0.4 is 4.90 Å².